The van der Waals surface area contributed by atoms with Crippen LogP contribution >= 0.6 is 0 Å². The molecule has 0 unspecified atom stereocenters. The Hall–Kier alpha value is -3.51. The Morgan fingerprint density at radius 3 is 2.67 bits per heavy atom. The summed E-state index contributed by atoms with van der Waals surface area (Å²) < 4.78 is 1.78. The van der Waals surface area contributed by atoms with Gasteiger partial charge in [-0.2, -0.15) is 4.98 Å². The second kappa shape index (κ2) is 13.0. The van der Waals surface area contributed by atoms with Crippen LogP contribution in [0.1, 0.15) is 43.5 Å². The Labute approximate surface area is 231 Å². The van der Waals surface area contributed by atoms with Crippen LogP contribution in [-0.4, -0.2) is 106 Å². The van der Waals surface area contributed by atoms with E-state index >= 15 is 0 Å². The van der Waals surface area contributed by atoms with E-state index in [4.69, 9.17) is 10.7 Å². The third-order valence-electron chi connectivity index (χ3n) is 7.13. The molecular weight excluding hydrogens is 494 g/mol. The fourth-order valence-corrected chi connectivity index (χ4v) is 5.00. The van der Waals surface area contributed by atoms with Gasteiger partial charge in [-0.1, -0.05) is 19.4 Å². The Kier molecular flexibility index (Phi) is 9.52. The lowest BCUT2D eigenvalue weighted by Crippen LogP contribution is -2.51. The van der Waals surface area contributed by atoms with Crippen molar-refractivity contribution in [3.63, 3.8) is 0 Å². The maximum Gasteiger partial charge on any atom is 0.243 e. The molecule has 3 aromatic heterocycles. The zero-order chi connectivity index (χ0) is 27.9. The standard InChI is InChI=1S/C27H43N11O/c1-6-7-20(3)32-27-33-24(28)26-31-17-22(38(26)34-27)15-21-14-19(2)25(30-16-21)37-12-10-36(11-13-37)23(39)18-35(5)9-8-29-4/h14,16-17,20,29H,6-13,15,18H2,1-5H3,(H3,28,32,33,34)/t20-/m0/s1. The summed E-state index contributed by atoms with van der Waals surface area (Å²) >= 11 is 0. The van der Waals surface area contributed by atoms with Gasteiger partial charge in [-0.15, -0.1) is 5.10 Å². The molecule has 1 saturated heterocycles. The summed E-state index contributed by atoms with van der Waals surface area (Å²) in [6.45, 7) is 11.5. The van der Waals surface area contributed by atoms with Crippen LogP contribution in [-0.2, 0) is 11.2 Å². The lowest BCUT2D eigenvalue weighted by atomic mass is 10.1. The smallest absolute Gasteiger partial charge is 0.243 e. The highest BCUT2D eigenvalue weighted by atomic mass is 16.2. The number of anilines is 3. The van der Waals surface area contributed by atoms with Crippen LogP contribution in [0.3, 0.4) is 0 Å². The molecule has 0 aliphatic carbocycles. The minimum absolute atomic E-state index is 0.184. The van der Waals surface area contributed by atoms with Gasteiger partial charge in [0.2, 0.25) is 11.9 Å². The third kappa shape index (κ3) is 7.12. The first kappa shape index (κ1) is 28.5. The predicted octanol–water partition coefficient (Wildman–Crippen LogP) is 1.40. The van der Waals surface area contributed by atoms with Gasteiger partial charge in [-0.25, -0.2) is 14.5 Å². The zero-order valence-corrected chi connectivity index (χ0v) is 23.9. The number of aromatic nitrogens is 5. The second-order valence-corrected chi connectivity index (χ2v) is 10.5. The number of nitrogens with one attached hydrogen (secondary N) is 2. The number of rotatable bonds is 12. The lowest BCUT2D eigenvalue weighted by Gasteiger charge is -2.36. The number of hydrogen-bond donors (Lipinski definition) is 3. The van der Waals surface area contributed by atoms with Gasteiger partial charge < -0.3 is 26.2 Å². The number of amides is 1. The number of nitrogen functional groups attached to an aromatic ring is 1. The van der Waals surface area contributed by atoms with Crippen molar-refractivity contribution < 1.29 is 4.79 Å². The SMILES string of the molecule is CCC[C@H](C)Nc1nc(N)c2ncc(Cc3cnc(N4CCN(C(=O)CN(C)CCNC)CC4)c(C)c3)n2n1. The Morgan fingerprint density at radius 1 is 1.21 bits per heavy atom. The van der Waals surface area contributed by atoms with E-state index in [-0.39, 0.29) is 11.9 Å². The van der Waals surface area contributed by atoms with E-state index in [2.05, 4.69) is 62.3 Å². The molecule has 4 rings (SSSR count). The number of likely N-dealkylation sites (N-methyl/N-ethyl adjacent to an activating group) is 2. The average Bonchev–Trinajstić information content (AvgIpc) is 3.30. The lowest BCUT2D eigenvalue weighted by molar-refractivity contribution is -0.132. The van der Waals surface area contributed by atoms with Gasteiger partial charge in [-0.3, -0.25) is 9.69 Å². The van der Waals surface area contributed by atoms with Crippen LogP contribution in [0.2, 0.25) is 0 Å². The number of piperazine rings is 1. The van der Waals surface area contributed by atoms with Crippen LogP contribution < -0.4 is 21.3 Å². The third-order valence-corrected chi connectivity index (χ3v) is 7.13. The molecular formula is C27H43N11O. The monoisotopic (exact) mass is 537 g/mol. The molecule has 1 fully saturated rings. The maximum atomic E-state index is 12.7. The summed E-state index contributed by atoms with van der Waals surface area (Å²) in [4.78, 5) is 32.6. The molecule has 1 amide bonds. The van der Waals surface area contributed by atoms with Gasteiger partial charge in [-0.05, 0) is 45.5 Å². The first-order chi connectivity index (χ1) is 18.8. The number of hydrogen-bond acceptors (Lipinski definition) is 10. The minimum Gasteiger partial charge on any atom is -0.380 e. The second-order valence-electron chi connectivity index (χ2n) is 10.5. The van der Waals surface area contributed by atoms with Crippen LogP contribution in [0.15, 0.2) is 18.5 Å². The Balaban J connectivity index is 1.39. The van der Waals surface area contributed by atoms with Crippen LogP contribution in [0, 0.1) is 6.92 Å². The van der Waals surface area contributed by atoms with Crippen molar-refractivity contribution in [2.75, 3.05) is 75.9 Å². The van der Waals surface area contributed by atoms with E-state index in [0.717, 1.165) is 61.7 Å². The normalized spacial score (nSPS) is 14.8. The largest absolute Gasteiger partial charge is 0.380 e. The van der Waals surface area contributed by atoms with Crippen molar-refractivity contribution >= 4 is 29.1 Å². The summed E-state index contributed by atoms with van der Waals surface area (Å²) in [5.41, 5.74) is 9.85. The molecule has 1 atom stereocenters. The van der Waals surface area contributed by atoms with Crippen molar-refractivity contribution in [1.29, 1.82) is 0 Å². The van der Waals surface area contributed by atoms with Gasteiger partial charge in [0.05, 0.1) is 18.4 Å². The van der Waals surface area contributed by atoms with Crippen LogP contribution in [0.5, 0.6) is 0 Å². The van der Waals surface area contributed by atoms with E-state index in [1.165, 1.54) is 0 Å². The van der Waals surface area contributed by atoms with Gasteiger partial charge >= 0.3 is 0 Å². The molecule has 0 bridgehead atoms. The molecule has 0 aromatic carbocycles. The molecule has 4 heterocycles. The van der Waals surface area contributed by atoms with Gasteiger partial charge in [0.25, 0.3) is 0 Å². The zero-order valence-electron chi connectivity index (χ0n) is 23.9. The van der Waals surface area contributed by atoms with Gasteiger partial charge in [0.1, 0.15) is 5.82 Å². The fourth-order valence-electron chi connectivity index (χ4n) is 5.00. The number of nitrogens with two attached hydrogens (primary N) is 1. The van der Waals surface area contributed by atoms with E-state index in [1.54, 1.807) is 10.7 Å². The average molecular weight is 538 g/mol. The maximum absolute atomic E-state index is 12.7. The number of nitrogens with zero attached hydrogens (tertiary/aromatic N) is 8. The number of fused-ring (bicyclic) bond motifs is 1. The highest BCUT2D eigenvalue weighted by molar-refractivity contribution is 5.78. The first-order valence-electron chi connectivity index (χ1n) is 13.9. The number of pyridine rings is 1. The molecule has 1 aliphatic heterocycles. The fraction of sp³-hybridized carbons (Fsp3) is 0.593. The van der Waals surface area contributed by atoms with Crippen molar-refractivity contribution in [1.82, 2.24) is 39.7 Å². The minimum atomic E-state index is 0.184. The van der Waals surface area contributed by atoms with Crippen molar-refractivity contribution in [2.24, 2.45) is 0 Å². The summed E-state index contributed by atoms with van der Waals surface area (Å²) in [5.74, 6) is 2.02. The topological polar surface area (TPSA) is 133 Å². The van der Waals surface area contributed by atoms with Gasteiger partial charge in [0, 0.05) is 57.9 Å². The molecule has 3 aromatic rings. The first-order valence-corrected chi connectivity index (χ1v) is 13.9. The van der Waals surface area contributed by atoms with E-state index in [1.807, 2.05) is 25.2 Å². The molecule has 0 saturated carbocycles. The number of aryl methyl sites for hydroxylation is 1. The van der Waals surface area contributed by atoms with Crippen LogP contribution in [0.25, 0.3) is 5.65 Å². The Bertz CT molecular complexity index is 1250. The number of carbonyl (C=O) groups is 1. The molecule has 39 heavy (non-hydrogen) atoms. The van der Waals surface area contributed by atoms with E-state index in [9.17, 15) is 4.79 Å². The Morgan fingerprint density at radius 2 is 1.97 bits per heavy atom. The van der Waals surface area contributed by atoms with E-state index in [0.29, 0.717) is 43.5 Å². The van der Waals surface area contributed by atoms with Crippen molar-refractivity contribution in [3.05, 3.63) is 35.3 Å². The summed E-state index contributed by atoms with van der Waals surface area (Å²) in [6.07, 6.45) is 6.44. The van der Waals surface area contributed by atoms with Crippen molar-refractivity contribution in [2.45, 2.75) is 46.1 Å². The summed E-state index contributed by atoms with van der Waals surface area (Å²) in [7, 11) is 3.91. The van der Waals surface area contributed by atoms with Gasteiger partial charge in [0.15, 0.2) is 11.5 Å². The molecule has 12 nitrogen and oxygen atoms in total. The molecule has 1 aliphatic rings. The number of carbonyl (C=O) groups excluding carboxylic acids is 1. The molecule has 0 spiro atoms. The summed E-state index contributed by atoms with van der Waals surface area (Å²) in [5, 5.41) is 11.1. The van der Waals surface area contributed by atoms with Crippen LogP contribution in [0.4, 0.5) is 17.6 Å². The predicted molar refractivity (Wildman–Crippen MR) is 155 cm³/mol. The summed E-state index contributed by atoms with van der Waals surface area (Å²) in [6, 6.07) is 2.42. The highest BCUT2D eigenvalue weighted by Gasteiger charge is 2.23. The van der Waals surface area contributed by atoms with E-state index < -0.39 is 0 Å². The van der Waals surface area contributed by atoms with Crippen molar-refractivity contribution in [3.8, 4) is 0 Å². The quantitative estimate of drug-likeness (QED) is 0.311. The molecule has 4 N–H and O–H groups in total. The molecule has 12 heteroatoms. The number of imidazole rings is 1. The highest BCUT2D eigenvalue weighted by Crippen LogP contribution is 2.22. The molecule has 0 radical (unpaired) electrons. The molecule has 212 valence electrons.